The Morgan fingerprint density at radius 3 is 3.00 bits per heavy atom. The molecule has 1 amide bonds. The minimum Gasteiger partial charge on any atom is -0.316 e. The van der Waals surface area contributed by atoms with Gasteiger partial charge in [-0.2, -0.15) is 4.52 Å². The van der Waals surface area contributed by atoms with Gasteiger partial charge in [0.2, 0.25) is 0 Å². The second-order valence-corrected chi connectivity index (χ2v) is 5.16. The normalized spacial score (nSPS) is 10.8. The quantitative estimate of drug-likeness (QED) is 0.722. The summed E-state index contributed by atoms with van der Waals surface area (Å²) in [7, 11) is 0. The van der Waals surface area contributed by atoms with E-state index in [4.69, 9.17) is 0 Å². The fraction of sp³-hybridized carbons (Fsp3) is 0.0833. The number of aryl methyl sites for hydroxylation is 1. The average Bonchev–Trinajstić information content (AvgIpc) is 2.91. The number of aromatic amines is 1. The number of aromatic nitrogens is 5. The van der Waals surface area contributed by atoms with E-state index >= 15 is 0 Å². The van der Waals surface area contributed by atoms with Gasteiger partial charge in [0, 0.05) is 16.9 Å². The van der Waals surface area contributed by atoms with Crippen molar-refractivity contribution in [2.45, 2.75) is 6.92 Å². The Morgan fingerprint density at radius 2 is 2.24 bits per heavy atom. The number of carbonyl (C=O) groups is 1. The molecule has 21 heavy (non-hydrogen) atoms. The fourth-order valence-electron chi connectivity index (χ4n) is 1.83. The highest BCUT2D eigenvalue weighted by Crippen LogP contribution is 2.12. The Morgan fingerprint density at radius 1 is 1.43 bits per heavy atom. The van der Waals surface area contributed by atoms with E-state index in [-0.39, 0.29) is 11.5 Å². The predicted molar refractivity (Wildman–Crippen MR) is 78.2 cm³/mol. The van der Waals surface area contributed by atoms with Gasteiger partial charge in [0.05, 0.1) is 11.3 Å². The average molecular weight is 349 g/mol. The second kappa shape index (κ2) is 5.09. The first kappa shape index (κ1) is 13.4. The van der Waals surface area contributed by atoms with Gasteiger partial charge in [-0.25, -0.2) is 9.97 Å². The Hall–Kier alpha value is -2.55. The summed E-state index contributed by atoms with van der Waals surface area (Å²) in [5, 5.41) is 5.20. The molecule has 3 aromatic heterocycles. The van der Waals surface area contributed by atoms with Crippen molar-refractivity contribution < 1.29 is 4.79 Å². The molecular weight excluding hydrogens is 340 g/mol. The summed E-state index contributed by atoms with van der Waals surface area (Å²) in [6.07, 6.45) is 4.33. The number of nitrogens with one attached hydrogen (secondary N) is 2. The van der Waals surface area contributed by atoms with E-state index < -0.39 is 11.5 Å². The zero-order valence-electron chi connectivity index (χ0n) is 10.8. The topological polar surface area (TPSA) is 105 Å². The number of pyridine rings is 1. The fourth-order valence-corrected chi connectivity index (χ4v) is 2.19. The summed E-state index contributed by atoms with van der Waals surface area (Å²) < 4.78 is 1.83. The van der Waals surface area contributed by atoms with Crippen LogP contribution in [0.4, 0.5) is 5.69 Å². The van der Waals surface area contributed by atoms with Crippen molar-refractivity contribution in [2.24, 2.45) is 0 Å². The molecule has 0 spiro atoms. The van der Waals surface area contributed by atoms with Crippen LogP contribution in [0.2, 0.25) is 0 Å². The highest BCUT2D eigenvalue weighted by atomic mass is 79.9. The predicted octanol–water partition coefficient (Wildman–Crippen LogP) is 1.14. The number of hydrogen-bond acceptors (Lipinski definition) is 5. The zero-order chi connectivity index (χ0) is 15.0. The van der Waals surface area contributed by atoms with E-state index in [2.05, 4.69) is 41.3 Å². The van der Waals surface area contributed by atoms with Crippen LogP contribution >= 0.6 is 15.9 Å². The van der Waals surface area contributed by atoms with Gasteiger partial charge in [-0.3, -0.25) is 19.7 Å². The molecule has 2 N–H and O–H groups in total. The first-order valence-corrected chi connectivity index (χ1v) is 6.70. The molecule has 0 aliphatic rings. The summed E-state index contributed by atoms with van der Waals surface area (Å²) in [6.45, 7) is 1.63. The van der Waals surface area contributed by atoms with E-state index in [9.17, 15) is 9.59 Å². The molecule has 0 radical (unpaired) electrons. The lowest BCUT2D eigenvalue weighted by atomic mass is 10.2. The van der Waals surface area contributed by atoms with Gasteiger partial charge in [-0.1, -0.05) is 0 Å². The molecule has 3 aromatic rings. The third-order valence-corrected chi connectivity index (χ3v) is 3.25. The molecule has 0 unspecified atom stereocenters. The maximum absolute atomic E-state index is 12.3. The molecule has 106 valence electrons. The van der Waals surface area contributed by atoms with Crippen LogP contribution in [0.25, 0.3) is 5.78 Å². The highest BCUT2D eigenvalue weighted by molar-refractivity contribution is 9.10. The first-order chi connectivity index (χ1) is 10.1. The van der Waals surface area contributed by atoms with Crippen molar-refractivity contribution in [2.75, 3.05) is 5.32 Å². The second-order valence-electron chi connectivity index (χ2n) is 4.25. The Balaban J connectivity index is 2.02. The summed E-state index contributed by atoms with van der Waals surface area (Å²) >= 11 is 3.24. The SMILES string of the molecule is Cc1nc2nc[nH]n2c(=O)c1NC(=O)c1cncc(Br)c1. The molecule has 3 rings (SSSR count). The number of halogens is 1. The van der Waals surface area contributed by atoms with E-state index in [1.165, 1.54) is 12.5 Å². The van der Waals surface area contributed by atoms with Crippen LogP contribution in [-0.2, 0) is 0 Å². The van der Waals surface area contributed by atoms with Crippen molar-refractivity contribution >= 4 is 33.3 Å². The molecule has 0 aliphatic heterocycles. The molecular formula is C12H9BrN6O2. The molecule has 0 saturated carbocycles. The lowest BCUT2D eigenvalue weighted by molar-refractivity contribution is 0.102. The van der Waals surface area contributed by atoms with Gasteiger partial charge < -0.3 is 5.32 Å². The van der Waals surface area contributed by atoms with Crippen molar-refractivity contribution in [1.29, 1.82) is 0 Å². The zero-order valence-corrected chi connectivity index (χ0v) is 12.4. The number of carbonyl (C=O) groups excluding carboxylic acids is 1. The summed E-state index contributed by atoms with van der Waals surface area (Å²) in [6, 6.07) is 1.61. The monoisotopic (exact) mass is 348 g/mol. The minimum absolute atomic E-state index is 0.0988. The number of hydrogen-bond donors (Lipinski definition) is 2. The Kier molecular flexibility index (Phi) is 3.26. The number of amides is 1. The number of H-pyrrole nitrogens is 1. The van der Waals surface area contributed by atoms with Crippen molar-refractivity contribution in [3.8, 4) is 0 Å². The van der Waals surface area contributed by atoms with Crippen LogP contribution in [-0.4, -0.2) is 30.5 Å². The first-order valence-electron chi connectivity index (χ1n) is 5.91. The van der Waals surface area contributed by atoms with E-state index in [0.717, 1.165) is 4.52 Å². The van der Waals surface area contributed by atoms with E-state index in [1.807, 2.05) is 0 Å². The maximum atomic E-state index is 12.3. The van der Waals surface area contributed by atoms with Crippen LogP contribution < -0.4 is 10.9 Å². The molecule has 9 heteroatoms. The molecule has 0 aromatic carbocycles. The largest absolute Gasteiger partial charge is 0.316 e. The van der Waals surface area contributed by atoms with Crippen LogP contribution in [0.5, 0.6) is 0 Å². The molecule has 0 atom stereocenters. The summed E-state index contributed by atoms with van der Waals surface area (Å²) in [5.74, 6) is -0.190. The molecule has 0 bridgehead atoms. The van der Waals surface area contributed by atoms with Gasteiger partial charge in [0.25, 0.3) is 17.2 Å². The van der Waals surface area contributed by atoms with Gasteiger partial charge in [0.15, 0.2) is 0 Å². The number of rotatable bonds is 2. The van der Waals surface area contributed by atoms with Crippen LogP contribution in [0.3, 0.4) is 0 Å². The summed E-state index contributed by atoms with van der Waals surface area (Å²) in [4.78, 5) is 36.4. The van der Waals surface area contributed by atoms with Crippen LogP contribution in [0.1, 0.15) is 16.1 Å². The van der Waals surface area contributed by atoms with Crippen molar-refractivity contribution in [3.63, 3.8) is 0 Å². The van der Waals surface area contributed by atoms with Gasteiger partial charge in [-0.15, -0.1) is 0 Å². The molecule has 0 saturated heterocycles. The van der Waals surface area contributed by atoms with Crippen molar-refractivity contribution in [3.05, 3.63) is 50.9 Å². The van der Waals surface area contributed by atoms with Gasteiger partial charge >= 0.3 is 0 Å². The number of fused-ring (bicyclic) bond motifs is 1. The van der Waals surface area contributed by atoms with Gasteiger partial charge in [0.1, 0.15) is 12.0 Å². The number of nitrogens with zero attached hydrogens (tertiary/aromatic N) is 4. The minimum atomic E-state index is -0.440. The molecule has 0 fully saturated rings. The Bertz CT molecular complexity index is 900. The maximum Gasteiger partial charge on any atom is 0.298 e. The smallest absolute Gasteiger partial charge is 0.298 e. The standard InChI is InChI=1S/C12H9BrN6O2/c1-6-9(11(21)19-12(17-6)15-5-16-19)18-10(20)7-2-8(13)4-14-3-7/h2-5H,1H3,(H,18,20)(H,15,16,17). The lowest BCUT2D eigenvalue weighted by Crippen LogP contribution is -2.25. The van der Waals surface area contributed by atoms with Crippen LogP contribution in [0.15, 0.2) is 34.1 Å². The highest BCUT2D eigenvalue weighted by Gasteiger charge is 2.15. The third kappa shape index (κ3) is 2.42. The van der Waals surface area contributed by atoms with E-state index in [1.54, 1.807) is 19.2 Å². The van der Waals surface area contributed by atoms with Crippen molar-refractivity contribution in [1.82, 2.24) is 24.6 Å². The third-order valence-electron chi connectivity index (χ3n) is 2.82. The summed E-state index contributed by atoms with van der Waals surface area (Å²) in [5.41, 5.74) is 0.398. The van der Waals surface area contributed by atoms with Gasteiger partial charge in [-0.05, 0) is 28.9 Å². The molecule has 3 heterocycles. The molecule has 8 nitrogen and oxygen atoms in total. The number of anilines is 1. The lowest BCUT2D eigenvalue weighted by Gasteiger charge is -2.07. The Labute approximate surface area is 126 Å². The molecule has 0 aliphatic carbocycles. The van der Waals surface area contributed by atoms with E-state index in [0.29, 0.717) is 15.7 Å². The van der Waals surface area contributed by atoms with Crippen LogP contribution in [0, 0.1) is 6.92 Å².